The Labute approximate surface area is 86.6 Å². The van der Waals surface area contributed by atoms with E-state index in [-0.39, 0.29) is 6.10 Å². The molecule has 0 aromatic carbocycles. The lowest BCUT2D eigenvalue weighted by atomic mass is 10.3. The zero-order valence-corrected chi connectivity index (χ0v) is 9.11. The highest BCUT2D eigenvalue weighted by molar-refractivity contribution is 4.89. The van der Waals surface area contributed by atoms with E-state index in [1.807, 2.05) is 0 Å². The maximum atomic E-state index is 5.65. The van der Waals surface area contributed by atoms with Gasteiger partial charge in [-0.3, -0.25) is 4.90 Å². The van der Waals surface area contributed by atoms with E-state index in [9.17, 15) is 0 Å². The van der Waals surface area contributed by atoms with Crippen molar-refractivity contribution >= 4 is 0 Å². The average molecular weight is 198 g/mol. The first-order valence-corrected chi connectivity index (χ1v) is 5.80. The van der Waals surface area contributed by atoms with E-state index in [1.165, 1.54) is 32.2 Å². The van der Waals surface area contributed by atoms with Gasteiger partial charge in [-0.05, 0) is 31.6 Å². The van der Waals surface area contributed by atoms with Gasteiger partial charge in [0, 0.05) is 32.8 Å². The number of ether oxygens (including phenoxy) is 1. The molecule has 0 aromatic heterocycles. The Morgan fingerprint density at radius 2 is 2.07 bits per heavy atom. The van der Waals surface area contributed by atoms with Crippen molar-refractivity contribution in [1.29, 1.82) is 0 Å². The maximum Gasteiger partial charge on any atom is 0.0820 e. The van der Waals surface area contributed by atoms with Gasteiger partial charge in [-0.15, -0.1) is 0 Å². The van der Waals surface area contributed by atoms with Crippen molar-refractivity contribution in [2.75, 3.05) is 26.7 Å². The van der Waals surface area contributed by atoms with Crippen molar-refractivity contribution in [3.63, 3.8) is 0 Å². The Bertz CT molecular complexity index is 174. The normalized spacial score (nSPS) is 24.2. The van der Waals surface area contributed by atoms with Gasteiger partial charge in [0.25, 0.3) is 0 Å². The minimum absolute atomic E-state index is 0.231. The molecule has 2 aliphatic carbocycles. The third kappa shape index (κ3) is 2.94. The van der Waals surface area contributed by atoms with Crippen molar-refractivity contribution in [3.8, 4) is 0 Å². The fraction of sp³-hybridized carbons (Fsp3) is 1.00. The fourth-order valence-corrected chi connectivity index (χ4v) is 1.95. The Balaban J connectivity index is 1.76. The summed E-state index contributed by atoms with van der Waals surface area (Å²) in [5.41, 5.74) is 5.65. The van der Waals surface area contributed by atoms with Gasteiger partial charge in [0.1, 0.15) is 0 Å². The molecule has 2 rings (SSSR count). The monoisotopic (exact) mass is 198 g/mol. The third-order valence-electron chi connectivity index (χ3n) is 3.29. The predicted molar refractivity (Wildman–Crippen MR) is 57.2 cm³/mol. The molecule has 3 heteroatoms. The van der Waals surface area contributed by atoms with Crippen LogP contribution >= 0.6 is 0 Å². The van der Waals surface area contributed by atoms with E-state index >= 15 is 0 Å². The molecule has 2 saturated carbocycles. The number of hydrogen-bond acceptors (Lipinski definition) is 3. The molecule has 2 N–H and O–H groups in total. The van der Waals surface area contributed by atoms with Crippen LogP contribution in [0.1, 0.15) is 25.7 Å². The average Bonchev–Trinajstić information content (AvgIpc) is 3.03. The lowest BCUT2D eigenvalue weighted by molar-refractivity contribution is 0.0653. The molecule has 1 atom stereocenters. The summed E-state index contributed by atoms with van der Waals surface area (Å²) < 4.78 is 5.34. The Morgan fingerprint density at radius 1 is 1.36 bits per heavy atom. The number of hydrogen-bond donors (Lipinski definition) is 1. The van der Waals surface area contributed by atoms with Gasteiger partial charge >= 0.3 is 0 Å². The van der Waals surface area contributed by atoms with Gasteiger partial charge in [-0.25, -0.2) is 0 Å². The smallest absolute Gasteiger partial charge is 0.0820 e. The summed E-state index contributed by atoms with van der Waals surface area (Å²) in [7, 11) is 1.76. The van der Waals surface area contributed by atoms with Crippen LogP contribution in [-0.4, -0.2) is 43.8 Å². The topological polar surface area (TPSA) is 38.5 Å². The summed E-state index contributed by atoms with van der Waals surface area (Å²) >= 11 is 0. The molecule has 0 amide bonds. The Kier molecular flexibility index (Phi) is 3.42. The molecule has 0 heterocycles. The SMILES string of the molecule is COC(CN)CN(CC1CC1)C1CC1. The van der Waals surface area contributed by atoms with Gasteiger partial charge in [-0.2, -0.15) is 0 Å². The number of rotatable bonds is 7. The van der Waals surface area contributed by atoms with E-state index in [2.05, 4.69) is 4.90 Å². The van der Waals surface area contributed by atoms with E-state index < -0.39 is 0 Å². The van der Waals surface area contributed by atoms with E-state index in [0.29, 0.717) is 6.54 Å². The lowest BCUT2D eigenvalue weighted by Crippen LogP contribution is -2.40. The molecular weight excluding hydrogens is 176 g/mol. The van der Waals surface area contributed by atoms with E-state index in [4.69, 9.17) is 10.5 Å². The quantitative estimate of drug-likeness (QED) is 0.658. The molecule has 2 fully saturated rings. The number of nitrogens with zero attached hydrogens (tertiary/aromatic N) is 1. The molecular formula is C11H22N2O. The van der Waals surface area contributed by atoms with Crippen molar-refractivity contribution < 1.29 is 4.74 Å². The van der Waals surface area contributed by atoms with Gasteiger partial charge in [-0.1, -0.05) is 0 Å². The standard InChI is InChI=1S/C11H22N2O/c1-14-11(6-12)8-13(10-4-5-10)7-9-2-3-9/h9-11H,2-8,12H2,1H3. The van der Waals surface area contributed by atoms with Crippen LogP contribution in [0.25, 0.3) is 0 Å². The van der Waals surface area contributed by atoms with Crippen LogP contribution in [0.4, 0.5) is 0 Å². The van der Waals surface area contributed by atoms with Crippen LogP contribution in [0.3, 0.4) is 0 Å². The molecule has 0 saturated heterocycles. The molecule has 3 nitrogen and oxygen atoms in total. The van der Waals surface area contributed by atoms with Crippen LogP contribution in [0.2, 0.25) is 0 Å². The van der Waals surface area contributed by atoms with Crippen molar-refractivity contribution in [2.24, 2.45) is 11.7 Å². The molecule has 2 aliphatic rings. The van der Waals surface area contributed by atoms with E-state index in [1.54, 1.807) is 7.11 Å². The van der Waals surface area contributed by atoms with Crippen LogP contribution < -0.4 is 5.73 Å². The zero-order chi connectivity index (χ0) is 9.97. The second-order valence-corrected chi connectivity index (χ2v) is 4.72. The molecule has 82 valence electrons. The van der Waals surface area contributed by atoms with Crippen molar-refractivity contribution in [3.05, 3.63) is 0 Å². The van der Waals surface area contributed by atoms with Gasteiger partial charge < -0.3 is 10.5 Å². The van der Waals surface area contributed by atoms with Crippen molar-refractivity contribution in [1.82, 2.24) is 4.90 Å². The molecule has 1 unspecified atom stereocenters. The molecule has 14 heavy (non-hydrogen) atoms. The second kappa shape index (κ2) is 4.60. The molecule has 0 bridgehead atoms. The highest BCUT2D eigenvalue weighted by Gasteiger charge is 2.34. The van der Waals surface area contributed by atoms with E-state index in [0.717, 1.165) is 18.5 Å². The molecule has 0 spiro atoms. The zero-order valence-electron chi connectivity index (χ0n) is 9.11. The van der Waals surface area contributed by atoms with Gasteiger partial charge in [0.2, 0.25) is 0 Å². The number of methoxy groups -OCH3 is 1. The maximum absolute atomic E-state index is 5.65. The number of nitrogens with two attached hydrogens (primary N) is 1. The van der Waals surface area contributed by atoms with Crippen LogP contribution in [0.5, 0.6) is 0 Å². The first-order valence-electron chi connectivity index (χ1n) is 5.80. The summed E-state index contributed by atoms with van der Waals surface area (Å²) in [4.78, 5) is 2.60. The molecule has 0 aliphatic heterocycles. The summed E-state index contributed by atoms with van der Waals surface area (Å²) in [6, 6.07) is 0.847. The third-order valence-corrected chi connectivity index (χ3v) is 3.29. The summed E-state index contributed by atoms with van der Waals surface area (Å²) in [5.74, 6) is 0.978. The Hall–Kier alpha value is -0.120. The van der Waals surface area contributed by atoms with Gasteiger partial charge in [0.15, 0.2) is 0 Å². The highest BCUT2D eigenvalue weighted by Crippen LogP contribution is 2.34. The molecule has 0 radical (unpaired) electrons. The van der Waals surface area contributed by atoms with Crippen molar-refractivity contribution in [2.45, 2.75) is 37.8 Å². The van der Waals surface area contributed by atoms with Crippen LogP contribution in [0, 0.1) is 5.92 Å². The first-order chi connectivity index (χ1) is 6.83. The summed E-state index contributed by atoms with van der Waals surface area (Å²) in [6.45, 7) is 2.96. The minimum atomic E-state index is 0.231. The first kappa shape index (κ1) is 10.4. The lowest BCUT2D eigenvalue weighted by Gasteiger charge is -2.26. The minimum Gasteiger partial charge on any atom is -0.379 e. The van der Waals surface area contributed by atoms with Crippen LogP contribution in [0.15, 0.2) is 0 Å². The highest BCUT2D eigenvalue weighted by atomic mass is 16.5. The summed E-state index contributed by atoms with van der Waals surface area (Å²) in [6.07, 6.45) is 5.86. The van der Waals surface area contributed by atoms with Gasteiger partial charge in [0.05, 0.1) is 6.10 Å². The largest absolute Gasteiger partial charge is 0.379 e. The van der Waals surface area contributed by atoms with Crippen LogP contribution in [-0.2, 0) is 4.74 Å². The molecule has 0 aromatic rings. The summed E-state index contributed by atoms with van der Waals surface area (Å²) in [5, 5.41) is 0. The second-order valence-electron chi connectivity index (χ2n) is 4.72. The predicted octanol–water partition coefficient (Wildman–Crippen LogP) is 0.834. The Morgan fingerprint density at radius 3 is 2.50 bits per heavy atom. The fourth-order valence-electron chi connectivity index (χ4n) is 1.95.